The number of rotatable bonds is 5. The fraction of sp³-hybridized carbons (Fsp3) is 0.462. The van der Waals surface area contributed by atoms with E-state index in [0.29, 0.717) is 22.5 Å². The molecule has 5 heteroatoms. The van der Waals surface area contributed by atoms with Crippen LogP contribution in [0.1, 0.15) is 30.9 Å². The topological polar surface area (TPSA) is 55.1 Å². The number of hydrogen-bond donors (Lipinski definition) is 2. The standard InChI is InChI=1S/C13H16BrFN2O/c14-9-4-5-10(11(15)6-9)12(13(16)18)17-7-8-2-1-3-8/h4-6,8,12,17H,1-3,7H2,(H2,16,18). The molecule has 0 heterocycles. The summed E-state index contributed by atoms with van der Waals surface area (Å²) in [7, 11) is 0. The lowest BCUT2D eigenvalue weighted by Crippen LogP contribution is -2.38. The van der Waals surface area contributed by atoms with Crippen molar-refractivity contribution < 1.29 is 9.18 Å². The first-order valence-electron chi connectivity index (χ1n) is 6.05. The van der Waals surface area contributed by atoms with Crippen LogP contribution in [0.3, 0.4) is 0 Å². The van der Waals surface area contributed by atoms with Gasteiger partial charge in [-0.15, -0.1) is 0 Å². The molecule has 0 spiro atoms. The molecule has 0 aromatic heterocycles. The minimum atomic E-state index is -0.751. The van der Waals surface area contributed by atoms with Crippen molar-refractivity contribution in [3.05, 3.63) is 34.1 Å². The zero-order valence-electron chi connectivity index (χ0n) is 9.96. The van der Waals surface area contributed by atoms with Gasteiger partial charge in [0, 0.05) is 10.0 Å². The van der Waals surface area contributed by atoms with Crippen LogP contribution in [-0.4, -0.2) is 12.5 Å². The Bertz CT molecular complexity index is 449. The lowest BCUT2D eigenvalue weighted by molar-refractivity contribution is -0.120. The Labute approximate surface area is 114 Å². The fourth-order valence-corrected chi connectivity index (χ4v) is 2.41. The first-order chi connectivity index (χ1) is 8.58. The number of hydrogen-bond acceptors (Lipinski definition) is 2. The van der Waals surface area contributed by atoms with Gasteiger partial charge in [0.25, 0.3) is 0 Å². The molecule has 1 unspecified atom stereocenters. The molecule has 1 aliphatic rings. The number of nitrogens with one attached hydrogen (secondary N) is 1. The molecule has 1 saturated carbocycles. The number of benzene rings is 1. The van der Waals surface area contributed by atoms with Gasteiger partial charge in [-0.1, -0.05) is 28.4 Å². The van der Waals surface area contributed by atoms with Crippen LogP contribution in [0.15, 0.2) is 22.7 Å². The summed E-state index contributed by atoms with van der Waals surface area (Å²) in [5.74, 6) is -0.379. The lowest BCUT2D eigenvalue weighted by Gasteiger charge is -2.27. The minimum absolute atomic E-state index is 0.310. The third-order valence-electron chi connectivity index (χ3n) is 3.39. The summed E-state index contributed by atoms with van der Waals surface area (Å²) in [6, 6.07) is 3.89. The van der Waals surface area contributed by atoms with Gasteiger partial charge in [-0.25, -0.2) is 4.39 Å². The number of amides is 1. The third kappa shape index (κ3) is 3.09. The van der Waals surface area contributed by atoms with E-state index in [9.17, 15) is 9.18 Å². The van der Waals surface area contributed by atoms with Crippen LogP contribution >= 0.6 is 15.9 Å². The molecule has 2 rings (SSSR count). The highest BCUT2D eigenvalue weighted by molar-refractivity contribution is 9.10. The zero-order chi connectivity index (χ0) is 13.1. The van der Waals surface area contributed by atoms with Gasteiger partial charge in [0.1, 0.15) is 11.9 Å². The number of carbonyl (C=O) groups excluding carboxylic acids is 1. The highest BCUT2D eigenvalue weighted by Crippen LogP contribution is 2.27. The molecule has 3 nitrogen and oxygen atoms in total. The normalized spacial score (nSPS) is 17.2. The van der Waals surface area contributed by atoms with E-state index in [-0.39, 0.29) is 0 Å². The summed E-state index contributed by atoms with van der Waals surface area (Å²) in [5.41, 5.74) is 5.65. The Morgan fingerprint density at radius 2 is 2.28 bits per heavy atom. The zero-order valence-corrected chi connectivity index (χ0v) is 11.5. The molecule has 1 aromatic rings. The molecular weight excluding hydrogens is 299 g/mol. The van der Waals surface area contributed by atoms with Crippen LogP contribution in [0.5, 0.6) is 0 Å². The quantitative estimate of drug-likeness (QED) is 0.877. The van der Waals surface area contributed by atoms with Gasteiger partial charge >= 0.3 is 0 Å². The average molecular weight is 315 g/mol. The Kier molecular flexibility index (Phi) is 4.35. The highest BCUT2D eigenvalue weighted by atomic mass is 79.9. The maximum atomic E-state index is 13.8. The van der Waals surface area contributed by atoms with Gasteiger partial charge in [-0.3, -0.25) is 4.79 Å². The van der Waals surface area contributed by atoms with E-state index in [1.54, 1.807) is 12.1 Å². The largest absolute Gasteiger partial charge is 0.368 e. The van der Waals surface area contributed by atoms with Gasteiger partial charge < -0.3 is 11.1 Å². The van der Waals surface area contributed by atoms with Crippen molar-refractivity contribution in [3.8, 4) is 0 Å². The van der Waals surface area contributed by atoms with Gasteiger partial charge in [0.2, 0.25) is 5.91 Å². The van der Waals surface area contributed by atoms with Gasteiger partial charge in [0.05, 0.1) is 0 Å². The predicted molar refractivity (Wildman–Crippen MR) is 71.4 cm³/mol. The Morgan fingerprint density at radius 1 is 1.56 bits per heavy atom. The second-order valence-electron chi connectivity index (χ2n) is 4.71. The molecule has 0 bridgehead atoms. The first kappa shape index (κ1) is 13.5. The Balaban J connectivity index is 2.10. The summed E-state index contributed by atoms with van der Waals surface area (Å²) in [6.45, 7) is 0.711. The molecule has 0 saturated heterocycles. The molecule has 0 aliphatic heterocycles. The smallest absolute Gasteiger partial charge is 0.239 e. The van der Waals surface area contributed by atoms with Crippen LogP contribution in [0.25, 0.3) is 0 Å². The molecule has 1 amide bonds. The van der Waals surface area contributed by atoms with Crippen molar-refractivity contribution in [2.24, 2.45) is 11.7 Å². The monoisotopic (exact) mass is 314 g/mol. The summed E-state index contributed by atoms with van der Waals surface area (Å²) in [4.78, 5) is 11.4. The molecule has 0 radical (unpaired) electrons. The van der Waals surface area contributed by atoms with E-state index in [4.69, 9.17) is 5.73 Å². The molecule has 1 aliphatic carbocycles. The average Bonchev–Trinajstić information content (AvgIpc) is 2.23. The molecule has 18 heavy (non-hydrogen) atoms. The van der Waals surface area contributed by atoms with Crippen LogP contribution < -0.4 is 11.1 Å². The highest BCUT2D eigenvalue weighted by Gasteiger charge is 2.24. The maximum absolute atomic E-state index is 13.8. The number of carbonyl (C=O) groups is 1. The van der Waals surface area contributed by atoms with Gasteiger partial charge in [0.15, 0.2) is 0 Å². The summed E-state index contributed by atoms with van der Waals surface area (Å²) in [5, 5.41) is 3.07. The molecule has 1 aromatic carbocycles. The Hall–Kier alpha value is -0.940. The van der Waals surface area contributed by atoms with E-state index < -0.39 is 17.8 Å². The summed E-state index contributed by atoms with van der Waals surface area (Å²) < 4.78 is 14.4. The van der Waals surface area contributed by atoms with Crippen molar-refractivity contribution in [1.29, 1.82) is 0 Å². The van der Waals surface area contributed by atoms with Crippen molar-refractivity contribution in [3.63, 3.8) is 0 Å². The second kappa shape index (κ2) is 5.80. The second-order valence-corrected chi connectivity index (χ2v) is 5.62. The van der Waals surface area contributed by atoms with E-state index in [1.807, 2.05) is 0 Å². The van der Waals surface area contributed by atoms with E-state index in [1.165, 1.54) is 25.3 Å². The van der Waals surface area contributed by atoms with Crippen LogP contribution in [0, 0.1) is 11.7 Å². The number of halogens is 2. The lowest BCUT2D eigenvalue weighted by atomic mass is 9.85. The molecule has 3 N–H and O–H groups in total. The maximum Gasteiger partial charge on any atom is 0.239 e. The molecule has 1 fully saturated rings. The third-order valence-corrected chi connectivity index (χ3v) is 3.89. The van der Waals surface area contributed by atoms with Crippen LogP contribution in [0.2, 0.25) is 0 Å². The Morgan fingerprint density at radius 3 is 2.78 bits per heavy atom. The predicted octanol–water partition coefficient (Wildman–Crippen LogP) is 2.50. The summed E-state index contributed by atoms with van der Waals surface area (Å²) >= 11 is 3.19. The molecule has 1 atom stereocenters. The van der Waals surface area contributed by atoms with Crippen LogP contribution in [0.4, 0.5) is 4.39 Å². The van der Waals surface area contributed by atoms with Crippen molar-refractivity contribution in [2.75, 3.05) is 6.54 Å². The van der Waals surface area contributed by atoms with E-state index in [2.05, 4.69) is 21.2 Å². The molecule has 98 valence electrons. The summed E-state index contributed by atoms with van der Waals surface area (Å²) in [6.07, 6.45) is 3.57. The number of nitrogens with two attached hydrogens (primary N) is 1. The fourth-order valence-electron chi connectivity index (χ4n) is 2.08. The van der Waals surface area contributed by atoms with Gasteiger partial charge in [-0.05, 0) is 37.4 Å². The first-order valence-corrected chi connectivity index (χ1v) is 6.85. The van der Waals surface area contributed by atoms with Crippen LogP contribution in [-0.2, 0) is 4.79 Å². The number of primary amides is 1. The van der Waals surface area contributed by atoms with Gasteiger partial charge in [-0.2, -0.15) is 0 Å². The molecular formula is C13H16BrFN2O. The SMILES string of the molecule is NC(=O)C(NCC1CCC1)c1ccc(Br)cc1F. The van der Waals surface area contributed by atoms with Crippen molar-refractivity contribution in [1.82, 2.24) is 5.32 Å². The minimum Gasteiger partial charge on any atom is -0.368 e. The van der Waals surface area contributed by atoms with Crippen molar-refractivity contribution in [2.45, 2.75) is 25.3 Å². The van der Waals surface area contributed by atoms with Crippen molar-refractivity contribution >= 4 is 21.8 Å². The van der Waals surface area contributed by atoms with E-state index >= 15 is 0 Å². The van der Waals surface area contributed by atoms with E-state index in [0.717, 1.165) is 0 Å².